The lowest BCUT2D eigenvalue weighted by molar-refractivity contribution is 0.413. The molecule has 0 amide bonds. The second-order valence-corrected chi connectivity index (χ2v) is 6.61. The Morgan fingerprint density at radius 3 is 2.57 bits per heavy atom. The van der Waals surface area contributed by atoms with Crippen molar-refractivity contribution in [2.24, 2.45) is 0 Å². The Morgan fingerprint density at radius 1 is 1.24 bits per heavy atom. The molecule has 1 aromatic heterocycles. The van der Waals surface area contributed by atoms with Crippen LogP contribution in [-0.4, -0.2) is 23.4 Å². The van der Waals surface area contributed by atoms with Gasteiger partial charge in [0.1, 0.15) is 11.6 Å². The molecule has 0 saturated carbocycles. The van der Waals surface area contributed by atoms with Crippen LogP contribution in [-0.2, 0) is 5.41 Å². The molecule has 0 saturated heterocycles. The van der Waals surface area contributed by atoms with E-state index in [0.717, 1.165) is 30.2 Å². The number of aromatic nitrogens is 2. The van der Waals surface area contributed by atoms with Crippen LogP contribution in [0.25, 0.3) is 0 Å². The maximum atomic E-state index is 5.24. The topological polar surface area (TPSA) is 39.1 Å². The summed E-state index contributed by atoms with van der Waals surface area (Å²) < 4.78 is 7.37. The third kappa shape index (κ3) is 2.62. The van der Waals surface area contributed by atoms with Gasteiger partial charge in [-0.3, -0.25) is 0 Å². The van der Waals surface area contributed by atoms with E-state index in [9.17, 15) is 0 Å². The van der Waals surface area contributed by atoms with Crippen molar-refractivity contribution in [2.75, 3.05) is 19.0 Å². The molecule has 3 rings (SSSR count). The van der Waals surface area contributed by atoms with Crippen molar-refractivity contribution < 1.29 is 4.74 Å². The summed E-state index contributed by atoms with van der Waals surface area (Å²) in [5.41, 5.74) is 2.48. The number of methoxy groups -OCH3 is 1. The average Bonchev–Trinajstić information content (AvgIpc) is 2.91. The Morgan fingerprint density at radius 2 is 1.95 bits per heavy atom. The molecule has 2 aromatic rings. The van der Waals surface area contributed by atoms with Crippen molar-refractivity contribution >= 4 is 5.82 Å². The second kappa shape index (κ2) is 5.10. The molecular formula is C17H23N3O. The monoisotopic (exact) mass is 285 g/mol. The first-order valence-corrected chi connectivity index (χ1v) is 7.47. The lowest BCUT2D eigenvalue weighted by atomic mass is 9.92. The molecule has 0 bridgehead atoms. The van der Waals surface area contributed by atoms with Crippen molar-refractivity contribution in [3.05, 3.63) is 41.6 Å². The zero-order valence-corrected chi connectivity index (χ0v) is 13.2. The van der Waals surface area contributed by atoms with Gasteiger partial charge in [-0.05, 0) is 24.1 Å². The average molecular weight is 285 g/mol. The van der Waals surface area contributed by atoms with Crippen molar-refractivity contribution in [3.8, 4) is 5.75 Å². The van der Waals surface area contributed by atoms with Crippen LogP contribution in [0.15, 0.2) is 30.3 Å². The number of rotatable bonds is 2. The first kappa shape index (κ1) is 14.0. The molecule has 0 aliphatic carbocycles. The van der Waals surface area contributed by atoms with Gasteiger partial charge in [0.15, 0.2) is 0 Å². The van der Waals surface area contributed by atoms with Gasteiger partial charge in [-0.15, -0.1) is 0 Å². The Bertz CT molecular complexity index is 622. The minimum absolute atomic E-state index is 0.0660. The minimum Gasteiger partial charge on any atom is -0.497 e. The van der Waals surface area contributed by atoms with Crippen LogP contribution in [0, 0.1) is 0 Å². The number of anilines is 1. The summed E-state index contributed by atoms with van der Waals surface area (Å²) in [6.07, 6.45) is 1.05. The van der Waals surface area contributed by atoms with E-state index < -0.39 is 0 Å². The molecule has 4 heteroatoms. The molecule has 112 valence electrons. The standard InChI is InChI=1S/C17H23N3O/c1-17(2,3)15-11-16-18-10-9-14(20(16)19-15)12-5-7-13(21-4)8-6-12/h5-8,11,14,18H,9-10H2,1-4H3. The molecular weight excluding hydrogens is 262 g/mol. The number of benzene rings is 1. The summed E-state index contributed by atoms with van der Waals surface area (Å²) in [6, 6.07) is 10.8. The van der Waals surface area contributed by atoms with E-state index in [1.807, 2.05) is 12.1 Å². The number of ether oxygens (including phenoxy) is 1. The van der Waals surface area contributed by atoms with Gasteiger partial charge < -0.3 is 10.1 Å². The van der Waals surface area contributed by atoms with Crippen LogP contribution in [0.4, 0.5) is 5.82 Å². The van der Waals surface area contributed by atoms with E-state index >= 15 is 0 Å². The van der Waals surface area contributed by atoms with Crippen LogP contribution in [0.1, 0.15) is 44.5 Å². The van der Waals surface area contributed by atoms with Crippen LogP contribution >= 0.6 is 0 Å². The van der Waals surface area contributed by atoms with Gasteiger partial charge in [0.2, 0.25) is 0 Å². The van der Waals surface area contributed by atoms with E-state index in [0.29, 0.717) is 6.04 Å². The van der Waals surface area contributed by atoms with Crippen molar-refractivity contribution in [3.63, 3.8) is 0 Å². The van der Waals surface area contributed by atoms with E-state index in [-0.39, 0.29) is 5.41 Å². The van der Waals surface area contributed by atoms with Gasteiger partial charge in [0.05, 0.1) is 18.8 Å². The number of fused-ring (bicyclic) bond motifs is 1. The number of nitrogens with zero attached hydrogens (tertiary/aromatic N) is 2. The molecule has 1 N–H and O–H groups in total. The highest BCUT2D eigenvalue weighted by Crippen LogP contribution is 2.33. The maximum absolute atomic E-state index is 5.24. The third-order valence-electron chi connectivity index (χ3n) is 4.02. The van der Waals surface area contributed by atoms with E-state index in [2.05, 4.69) is 49.0 Å². The van der Waals surface area contributed by atoms with E-state index in [4.69, 9.17) is 9.84 Å². The normalized spacial score (nSPS) is 18.0. The van der Waals surface area contributed by atoms with E-state index in [1.165, 1.54) is 5.56 Å². The number of hydrogen-bond acceptors (Lipinski definition) is 3. The smallest absolute Gasteiger partial charge is 0.125 e. The van der Waals surface area contributed by atoms with Crippen molar-refractivity contribution in [2.45, 2.75) is 38.6 Å². The summed E-state index contributed by atoms with van der Waals surface area (Å²) in [7, 11) is 1.70. The van der Waals surface area contributed by atoms with Gasteiger partial charge in [-0.25, -0.2) is 4.68 Å². The predicted octanol–water partition coefficient (Wildman–Crippen LogP) is 3.59. The number of nitrogens with one attached hydrogen (secondary N) is 1. The Balaban J connectivity index is 1.97. The van der Waals surface area contributed by atoms with Gasteiger partial charge in [0, 0.05) is 18.0 Å². The zero-order chi connectivity index (χ0) is 15.0. The molecule has 1 atom stereocenters. The first-order chi connectivity index (χ1) is 9.99. The summed E-state index contributed by atoms with van der Waals surface area (Å²) >= 11 is 0. The Labute approximate surface area is 126 Å². The molecule has 0 fully saturated rings. The van der Waals surface area contributed by atoms with Gasteiger partial charge in [-0.2, -0.15) is 5.10 Å². The highest BCUT2D eigenvalue weighted by Gasteiger charge is 2.26. The fraction of sp³-hybridized carbons (Fsp3) is 0.471. The summed E-state index contributed by atoms with van der Waals surface area (Å²) in [5.74, 6) is 2.01. The summed E-state index contributed by atoms with van der Waals surface area (Å²) in [4.78, 5) is 0. The lowest BCUT2D eigenvalue weighted by Crippen LogP contribution is -2.24. The van der Waals surface area contributed by atoms with Crippen LogP contribution in [0.5, 0.6) is 5.75 Å². The molecule has 1 aliphatic rings. The molecule has 0 radical (unpaired) electrons. The molecule has 4 nitrogen and oxygen atoms in total. The molecule has 1 aliphatic heterocycles. The largest absolute Gasteiger partial charge is 0.497 e. The molecule has 2 heterocycles. The summed E-state index contributed by atoms with van der Waals surface area (Å²) in [6.45, 7) is 7.57. The van der Waals surface area contributed by atoms with Gasteiger partial charge >= 0.3 is 0 Å². The molecule has 21 heavy (non-hydrogen) atoms. The third-order valence-corrected chi connectivity index (χ3v) is 4.02. The lowest BCUT2D eigenvalue weighted by Gasteiger charge is -2.26. The van der Waals surface area contributed by atoms with Crippen molar-refractivity contribution in [1.82, 2.24) is 9.78 Å². The Kier molecular flexibility index (Phi) is 3.40. The maximum Gasteiger partial charge on any atom is 0.125 e. The van der Waals surface area contributed by atoms with Crippen LogP contribution < -0.4 is 10.1 Å². The fourth-order valence-electron chi connectivity index (χ4n) is 2.72. The second-order valence-electron chi connectivity index (χ2n) is 6.61. The Hall–Kier alpha value is -1.97. The van der Waals surface area contributed by atoms with Gasteiger partial charge in [-0.1, -0.05) is 32.9 Å². The summed E-state index contributed by atoms with van der Waals surface area (Å²) in [5, 5.41) is 8.30. The zero-order valence-electron chi connectivity index (χ0n) is 13.2. The molecule has 0 spiro atoms. The predicted molar refractivity (Wildman–Crippen MR) is 85.2 cm³/mol. The van der Waals surface area contributed by atoms with Gasteiger partial charge in [0.25, 0.3) is 0 Å². The minimum atomic E-state index is 0.0660. The molecule has 1 unspecified atom stereocenters. The van der Waals surface area contributed by atoms with E-state index in [1.54, 1.807) is 7.11 Å². The van der Waals surface area contributed by atoms with Crippen LogP contribution in [0.3, 0.4) is 0 Å². The fourth-order valence-corrected chi connectivity index (χ4v) is 2.72. The highest BCUT2D eigenvalue weighted by molar-refractivity contribution is 5.43. The quantitative estimate of drug-likeness (QED) is 0.916. The highest BCUT2D eigenvalue weighted by atomic mass is 16.5. The molecule has 1 aromatic carbocycles. The van der Waals surface area contributed by atoms with Crippen molar-refractivity contribution in [1.29, 1.82) is 0 Å². The van der Waals surface area contributed by atoms with Crippen LogP contribution in [0.2, 0.25) is 0 Å². The first-order valence-electron chi connectivity index (χ1n) is 7.47. The SMILES string of the molecule is COc1ccc(C2CCNc3cc(C(C)(C)C)nn32)cc1. The number of hydrogen-bond donors (Lipinski definition) is 1.